The fraction of sp³-hybridized carbons (Fsp3) is 0.909. The molecule has 0 spiro atoms. The second-order valence-electron chi connectivity index (χ2n) is 4.92. The Morgan fingerprint density at radius 1 is 1.60 bits per heavy atom. The number of thioether (sulfide) groups is 1. The molecule has 2 heterocycles. The van der Waals surface area contributed by atoms with E-state index in [4.69, 9.17) is 0 Å². The van der Waals surface area contributed by atoms with Crippen LogP contribution in [0.25, 0.3) is 0 Å². The van der Waals surface area contributed by atoms with Crippen LogP contribution in [-0.2, 0) is 4.79 Å². The Bertz CT molecular complexity index is 249. The normalized spacial score (nSPS) is 36.9. The van der Waals surface area contributed by atoms with E-state index in [1.165, 1.54) is 0 Å². The monoisotopic (exact) mass is 229 g/mol. The van der Waals surface area contributed by atoms with Crippen LogP contribution in [0.5, 0.6) is 0 Å². The third kappa shape index (κ3) is 2.67. The molecule has 0 aromatic carbocycles. The summed E-state index contributed by atoms with van der Waals surface area (Å²) in [5, 5.41) is 9.94. The highest BCUT2D eigenvalue weighted by Crippen LogP contribution is 2.28. The van der Waals surface area contributed by atoms with E-state index in [9.17, 15) is 9.90 Å². The predicted octanol–water partition coefficient (Wildman–Crippen LogP) is 1.11. The van der Waals surface area contributed by atoms with Gasteiger partial charge in [0.1, 0.15) is 0 Å². The maximum absolute atomic E-state index is 12.1. The van der Waals surface area contributed by atoms with E-state index in [0.29, 0.717) is 6.54 Å². The molecule has 1 amide bonds. The molecule has 2 aliphatic heterocycles. The first-order valence-corrected chi connectivity index (χ1v) is 6.83. The van der Waals surface area contributed by atoms with Gasteiger partial charge >= 0.3 is 0 Å². The average Bonchev–Trinajstić information content (AvgIpc) is 2.67. The molecule has 0 aromatic heterocycles. The molecule has 0 aromatic rings. The molecule has 2 unspecified atom stereocenters. The van der Waals surface area contributed by atoms with Crippen molar-refractivity contribution in [1.29, 1.82) is 0 Å². The standard InChI is InChI=1S/C11H19NO2S/c1-11(14)4-2-5-12(8-11)10(13)9-3-6-15-7-9/h9,14H,2-8H2,1H3. The molecule has 2 atom stereocenters. The minimum atomic E-state index is -0.667. The Kier molecular flexibility index (Phi) is 3.26. The Morgan fingerprint density at radius 3 is 3.00 bits per heavy atom. The molecule has 0 aliphatic carbocycles. The molecular weight excluding hydrogens is 210 g/mol. The predicted molar refractivity (Wildman–Crippen MR) is 61.9 cm³/mol. The van der Waals surface area contributed by atoms with Crippen molar-refractivity contribution >= 4 is 17.7 Å². The lowest BCUT2D eigenvalue weighted by atomic mass is 9.94. The summed E-state index contributed by atoms with van der Waals surface area (Å²) in [6.45, 7) is 3.18. The summed E-state index contributed by atoms with van der Waals surface area (Å²) in [5.74, 6) is 2.56. The van der Waals surface area contributed by atoms with Crippen molar-refractivity contribution in [2.24, 2.45) is 5.92 Å². The molecule has 4 heteroatoms. The van der Waals surface area contributed by atoms with Crippen LogP contribution in [0.15, 0.2) is 0 Å². The van der Waals surface area contributed by atoms with Gasteiger partial charge in [-0.15, -0.1) is 0 Å². The van der Waals surface area contributed by atoms with Gasteiger partial charge in [-0.2, -0.15) is 11.8 Å². The number of rotatable bonds is 1. The van der Waals surface area contributed by atoms with E-state index >= 15 is 0 Å². The number of carbonyl (C=O) groups is 1. The summed E-state index contributed by atoms with van der Waals surface area (Å²) in [5.41, 5.74) is -0.667. The second-order valence-corrected chi connectivity index (χ2v) is 6.07. The number of carbonyl (C=O) groups excluding carboxylic acids is 1. The molecule has 1 N–H and O–H groups in total. The van der Waals surface area contributed by atoms with Crippen molar-refractivity contribution in [2.75, 3.05) is 24.6 Å². The van der Waals surface area contributed by atoms with Crippen LogP contribution in [0.1, 0.15) is 26.2 Å². The van der Waals surface area contributed by atoms with Crippen molar-refractivity contribution in [3.05, 3.63) is 0 Å². The highest BCUT2D eigenvalue weighted by Gasteiger charge is 2.34. The SMILES string of the molecule is CC1(O)CCCN(C(=O)C2CCSC2)C1. The third-order valence-corrected chi connectivity index (χ3v) is 4.43. The van der Waals surface area contributed by atoms with E-state index in [-0.39, 0.29) is 11.8 Å². The van der Waals surface area contributed by atoms with Crippen LogP contribution in [-0.4, -0.2) is 46.1 Å². The minimum absolute atomic E-state index is 0.212. The van der Waals surface area contributed by atoms with Crippen LogP contribution in [0, 0.1) is 5.92 Å². The zero-order valence-corrected chi connectivity index (χ0v) is 10.1. The van der Waals surface area contributed by atoms with Crippen molar-refractivity contribution < 1.29 is 9.90 Å². The Morgan fingerprint density at radius 2 is 2.40 bits per heavy atom. The summed E-state index contributed by atoms with van der Waals surface area (Å²) >= 11 is 1.86. The van der Waals surface area contributed by atoms with E-state index in [1.54, 1.807) is 0 Å². The molecule has 0 bridgehead atoms. The number of piperidine rings is 1. The molecule has 2 fully saturated rings. The summed E-state index contributed by atoms with van der Waals surface area (Å²) in [4.78, 5) is 14.0. The average molecular weight is 229 g/mol. The summed E-state index contributed by atoms with van der Waals surface area (Å²) < 4.78 is 0. The maximum atomic E-state index is 12.1. The summed E-state index contributed by atoms with van der Waals surface area (Å²) in [6.07, 6.45) is 2.76. The number of aliphatic hydroxyl groups is 1. The van der Waals surface area contributed by atoms with Gasteiger partial charge in [-0.3, -0.25) is 4.79 Å². The molecule has 86 valence electrons. The van der Waals surface area contributed by atoms with Gasteiger partial charge in [0.2, 0.25) is 5.91 Å². The van der Waals surface area contributed by atoms with Crippen molar-refractivity contribution in [1.82, 2.24) is 4.90 Å². The van der Waals surface area contributed by atoms with Crippen LogP contribution in [0.2, 0.25) is 0 Å². The van der Waals surface area contributed by atoms with Gasteiger partial charge in [-0.25, -0.2) is 0 Å². The van der Waals surface area contributed by atoms with Gasteiger partial charge in [0, 0.05) is 24.8 Å². The van der Waals surface area contributed by atoms with Gasteiger partial charge < -0.3 is 10.0 Å². The summed E-state index contributed by atoms with van der Waals surface area (Å²) in [6, 6.07) is 0. The van der Waals surface area contributed by atoms with E-state index in [2.05, 4.69) is 0 Å². The lowest BCUT2D eigenvalue weighted by Crippen LogP contribution is -2.50. The number of likely N-dealkylation sites (tertiary alicyclic amines) is 1. The van der Waals surface area contributed by atoms with Crippen molar-refractivity contribution in [3.63, 3.8) is 0 Å². The van der Waals surface area contributed by atoms with Crippen LogP contribution >= 0.6 is 11.8 Å². The minimum Gasteiger partial charge on any atom is -0.388 e. The topological polar surface area (TPSA) is 40.5 Å². The zero-order chi connectivity index (χ0) is 10.9. The fourth-order valence-electron chi connectivity index (χ4n) is 2.40. The van der Waals surface area contributed by atoms with Crippen LogP contribution < -0.4 is 0 Å². The molecule has 2 rings (SSSR count). The fourth-order valence-corrected chi connectivity index (χ4v) is 3.61. The van der Waals surface area contributed by atoms with Crippen LogP contribution in [0.4, 0.5) is 0 Å². The first kappa shape index (κ1) is 11.3. The zero-order valence-electron chi connectivity index (χ0n) is 9.24. The Balaban J connectivity index is 1.94. The Hall–Kier alpha value is -0.220. The van der Waals surface area contributed by atoms with Gasteiger partial charge in [-0.1, -0.05) is 0 Å². The lowest BCUT2D eigenvalue weighted by molar-refractivity contribution is -0.141. The van der Waals surface area contributed by atoms with Crippen LogP contribution in [0.3, 0.4) is 0 Å². The number of hydrogen-bond acceptors (Lipinski definition) is 3. The van der Waals surface area contributed by atoms with Crippen molar-refractivity contribution in [2.45, 2.75) is 31.8 Å². The largest absolute Gasteiger partial charge is 0.388 e. The highest BCUT2D eigenvalue weighted by atomic mass is 32.2. The van der Waals surface area contributed by atoms with E-state index < -0.39 is 5.60 Å². The van der Waals surface area contributed by atoms with Crippen molar-refractivity contribution in [3.8, 4) is 0 Å². The van der Waals surface area contributed by atoms with Gasteiger partial charge in [0.05, 0.1) is 5.60 Å². The Labute approximate surface area is 95.2 Å². The number of β-amino-alcohol motifs (C(OH)–C–C–N with tert-alkyl or cyclic N) is 1. The van der Waals surface area contributed by atoms with Gasteiger partial charge in [0.15, 0.2) is 0 Å². The smallest absolute Gasteiger partial charge is 0.226 e. The summed E-state index contributed by atoms with van der Waals surface area (Å²) in [7, 11) is 0. The second kappa shape index (κ2) is 4.34. The molecule has 3 nitrogen and oxygen atoms in total. The first-order valence-electron chi connectivity index (χ1n) is 5.67. The number of nitrogens with zero attached hydrogens (tertiary/aromatic N) is 1. The molecule has 0 radical (unpaired) electrons. The maximum Gasteiger partial charge on any atom is 0.226 e. The van der Waals surface area contributed by atoms with Gasteiger partial charge in [-0.05, 0) is 31.9 Å². The molecule has 2 saturated heterocycles. The lowest BCUT2D eigenvalue weighted by Gasteiger charge is -2.37. The number of hydrogen-bond donors (Lipinski definition) is 1. The quantitative estimate of drug-likeness (QED) is 0.732. The van der Waals surface area contributed by atoms with Gasteiger partial charge in [0.25, 0.3) is 0 Å². The third-order valence-electron chi connectivity index (χ3n) is 3.27. The number of amides is 1. The van der Waals surface area contributed by atoms with E-state index in [1.807, 2.05) is 23.6 Å². The molecule has 2 aliphatic rings. The first-order chi connectivity index (χ1) is 7.08. The van der Waals surface area contributed by atoms with E-state index in [0.717, 1.165) is 37.3 Å². The molecule has 0 saturated carbocycles. The molecule has 15 heavy (non-hydrogen) atoms. The molecular formula is C11H19NO2S. The highest BCUT2D eigenvalue weighted by molar-refractivity contribution is 7.99.